The van der Waals surface area contributed by atoms with Gasteiger partial charge in [-0.15, -0.1) is 22.7 Å². The maximum absolute atomic E-state index is 6.50. The number of furan rings is 1. The van der Waals surface area contributed by atoms with E-state index in [4.69, 9.17) is 4.42 Å². The van der Waals surface area contributed by atoms with Crippen LogP contribution in [-0.4, -0.2) is 0 Å². The van der Waals surface area contributed by atoms with Crippen LogP contribution in [0.15, 0.2) is 150 Å². The van der Waals surface area contributed by atoms with Gasteiger partial charge in [0.25, 0.3) is 0 Å². The summed E-state index contributed by atoms with van der Waals surface area (Å²) in [6.45, 7) is 0. The number of rotatable bonds is 2. The van der Waals surface area contributed by atoms with Crippen LogP contribution < -0.4 is 0 Å². The molecule has 8 aromatic carbocycles. The van der Waals surface area contributed by atoms with Crippen LogP contribution in [0.2, 0.25) is 0 Å². The van der Waals surface area contributed by atoms with Crippen LogP contribution in [-0.2, 0) is 0 Å². The van der Waals surface area contributed by atoms with Gasteiger partial charge >= 0.3 is 0 Å². The van der Waals surface area contributed by atoms with Gasteiger partial charge in [0, 0.05) is 51.1 Å². The van der Waals surface area contributed by atoms with Crippen LogP contribution in [0.3, 0.4) is 0 Å². The maximum Gasteiger partial charge on any atom is 0.136 e. The highest BCUT2D eigenvalue weighted by Crippen LogP contribution is 2.49. The quantitative estimate of drug-likeness (QED) is 0.173. The molecule has 0 unspecified atom stereocenters. The van der Waals surface area contributed by atoms with E-state index in [1.54, 1.807) is 0 Å². The first-order valence-corrected chi connectivity index (χ1v) is 17.6. The van der Waals surface area contributed by atoms with Crippen LogP contribution in [0.1, 0.15) is 0 Å². The third-order valence-electron chi connectivity index (χ3n) is 9.87. The largest absolute Gasteiger partial charge is 0.456 e. The SMILES string of the molecule is c1ccc2c(c1)sc1cccc(-c3c4ccccc4c(-c4ccc5oc6ccc7sc8ccccc8c7c6c5c4)c4ccccc34)c12. The van der Waals surface area contributed by atoms with Gasteiger partial charge in [-0.3, -0.25) is 0 Å². The molecule has 47 heavy (non-hydrogen) atoms. The summed E-state index contributed by atoms with van der Waals surface area (Å²) in [5, 5.41) is 12.7. The second-order valence-corrected chi connectivity index (χ2v) is 14.5. The molecule has 3 heterocycles. The van der Waals surface area contributed by atoms with Gasteiger partial charge in [0.15, 0.2) is 0 Å². The number of fused-ring (bicyclic) bond motifs is 12. The minimum absolute atomic E-state index is 0.924. The van der Waals surface area contributed by atoms with Crippen LogP contribution in [0.4, 0.5) is 0 Å². The summed E-state index contributed by atoms with van der Waals surface area (Å²) < 4.78 is 11.7. The molecule has 0 radical (unpaired) electrons. The van der Waals surface area contributed by atoms with E-state index >= 15 is 0 Å². The smallest absolute Gasteiger partial charge is 0.136 e. The van der Waals surface area contributed by atoms with Gasteiger partial charge in [0.2, 0.25) is 0 Å². The summed E-state index contributed by atoms with van der Waals surface area (Å²) in [6, 6.07) is 53.4. The van der Waals surface area contributed by atoms with Gasteiger partial charge in [0.1, 0.15) is 11.2 Å². The summed E-state index contributed by atoms with van der Waals surface area (Å²) in [6.07, 6.45) is 0. The van der Waals surface area contributed by atoms with Crippen molar-refractivity contribution >= 4 is 107 Å². The third kappa shape index (κ3) is 3.53. The summed E-state index contributed by atoms with van der Waals surface area (Å²) >= 11 is 3.73. The number of benzene rings is 8. The minimum Gasteiger partial charge on any atom is -0.456 e. The Bertz CT molecular complexity index is 3020. The van der Waals surface area contributed by atoms with Crippen molar-refractivity contribution in [2.75, 3.05) is 0 Å². The van der Waals surface area contributed by atoms with Crippen LogP contribution in [0.25, 0.3) is 106 Å². The summed E-state index contributed by atoms with van der Waals surface area (Å²) in [5.74, 6) is 0. The van der Waals surface area contributed by atoms with E-state index in [1.165, 1.54) is 94.9 Å². The molecule has 11 rings (SSSR count). The molecule has 0 fully saturated rings. The molecule has 218 valence electrons. The second kappa shape index (κ2) is 9.52. The second-order valence-electron chi connectivity index (χ2n) is 12.3. The molecule has 0 amide bonds. The molecular formula is C44H24OS2. The fourth-order valence-electron chi connectivity index (χ4n) is 7.95. The van der Waals surface area contributed by atoms with E-state index in [9.17, 15) is 0 Å². The summed E-state index contributed by atoms with van der Waals surface area (Å²) in [7, 11) is 0. The number of hydrogen-bond acceptors (Lipinski definition) is 3. The predicted octanol–water partition coefficient (Wildman–Crippen LogP) is 14.0. The van der Waals surface area contributed by atoms with Crippen LogP contribution in [0, 0.1) is 0 Å². The molecule has 3 heteroatoms. The highest BCUT2D eigenvalue weighted by atomic mass is 32.1. The Kier molecular flexibility index (Phi) is 5.20. The lowest BCUT2D eigenvalue weighted by Gasteiger charge is -2.18. The highest BCUT2D eigenvalue weighted by Gasteiger charge is 2.21. The molecular weight excluding hydrogens is 609 g/mol. The molecule has 0 bridgehead atoms. The predicted molar refractivity (Wildman–Crippen MR) is 205 cm³/mol. The molecule has 0 N–H and O–H groups in total. The molecule has 0 spiro atoms. The zero-order valence-electron chi connectivity index (χ0n) is 25.1. The van der Waals surface area contributed by atoms with Gasteiger partial charge in [-0.2, -0.15) is 0 Å². The number of thiophene rings is 2. The van der Waals surface area contributed by atoms with Gasteiger partial charge in [0.05, 0.1) is 0 Å². The number of hydrogen-bond donors (Lipinski definition) is 0. The van der Waals surface area contributed by atoms with Crippen molar-refractivity contribution in [3.8, 4) is 22.3 Å². The lowest BCUT2D eigenvalue weighted by Crippen LogP contribution is -1.91. The monoisotopic (exact) mass is 632 g/mol. The van der Waals surface area contributed by atoms with Crippen molar-refractivity contribution in [2.24, 2.45) is 0 Å². The molecule has 0 aliphatic carbocycles. The fraction of sp³-hybridized carbons (Fsp3) is 0. The summed E-state index contributed by atoms with van der Waals surface area (Å²) in [4.78, 5) is 0. The normalized spacial score (nSPS) is 12.3. The molecule has 0 saturated carbocycles. The fourth-order valence-corrected chi connectivity index (χ4v) is 10.2. The molecule has 11 aromatic rings. The van der Waals surface area contributed by atoms with E-state index in [1.807, 2.05) is 22.7 Å². The zero-order valence-corrected chi connectivity index (χ0v) is 26.7. The van der Waals surface area contributed by atoms with Crippen molar-refractivity contribution in [3.63, 3.8) is 0 Å². The Morgan fingerprint density at radius 2 is 0.872 bits per heavy atom. The first kappa shape index (κ1) is 25.7. The van der Waals surface area contributed by atoms with E-state index < -0.39 is 0 Å². The first-order valence-electron chi connectivity index (χ1n) is 15.9. The van der Waals surface area contributed by atoms with Gasteiger partial charge in [-0.05, 0) is 86.3 Å². The van der Waals surface area contributed by atoms with Crippen molar-refractivity contribution in [2.45, 2.75) is 0 Å². The van der Waals surface area contributed by atoms with E-state index in [-0.39, 0.29) is 0 Å². The van der Waals surface area contributed by atoms with E-state index in [2.05, 4.69) is 146 Å². The maximum atomic E-state index is 6.50. The average Bonchev–Trinajstić information content (AvgIpc) is 3.81. The van der Waals surface area contributed by atoms with E-state index in [0.29, 0.717) is 0 Å². The molecule has 0 aliphatic rings. The molecule has 3 aromatic heterocycles. The van der Waals surface area contributed by atoms with Crippen molar-refractivity contribution in [1.29, 1.82) is 0 Å². The van der Waals surface area contributed by atoms with E-state index in [0.717, 1.165) is 11.2 Å². The Morgan fingerprint density at radius 1 is 0.340 bits per heavy atom. The molecule has 0 atom stereocenters. The molecule has 0 aliphatic heterocycles. The van der Waals surface area contributed by atoms with Crippen LogP contribution >= 0.6 is 22.7 Å². The minimum atomic E-state index is 0.924. The average molecular weight is 633 g/mol. The lowest BCUT2D eigenvalue weighted by atomic mass is 9.84. The van der Waals surface area contributed by atoms with Crippen LogP contribution in [0.5, 0.6) is 0 Å². The van der Waals surface area contributed by atoms with Crippen molar-refractivity contribution in [1.82, 2.24) is 0 Å². The zero-order chi connectivity index (χ0) is 30.6. The first-order chi connectivity index (χ1) is 23.3. The highest BCUT2D eigenvalue weighted by molar-refractivity contribution is 7.26. The Balaban J connectivity index is 1.26. The standard InChI is InChI=1S/C44H24OS2/c1-3-12-28-26(10-1)40(25-20-21-34-33(24-25)43-35(45-34)22-23-39-44(43)31-15-6-8-18-37(31)47-39)27-11-2-4-13-29(27)41(28)32-16-9-19-38-42(32)30-14-5-7-17-36(30)46-38/h1-24H. The molecule has 1 nitrogen and oxygen atoms in total. The Labute approximate surface area is 277 Å². The third-order valence-corrected chi connectivity index (χ3v) is 12.1. The topological polar surface area (TPSA) is 13.1 Å². The van der Waals surface area contributed by atoms with Gasteiger partial charge in [-0.25, -0.2) is 0 Å². The van der Waals surface area contributed by atoms with Crippen molar-refractivity contribution in [3.05, 3.63) is 146 Å². The molecule has 0 saturated heterocycles. The van der Waals surface area contributed by atoms with Crippen molar-refractivity contribution < 1.29 is 4.42 Å². The van der Waals surface area contributed by atoms with Gasteiger partial charge in [-0.1, -0.05) is 103 Å². The summed E-state index contributed by atoms with van der Waals surface area (Å²) in [5.41, 5.74) is 6.93. The Morgan fingerprint density at radius 3 is 1.55 bits per heavy atom. The van der Waals surface area contributed by atoms with Gasteiger partial charge < -0.3 is 4.42 Å². The Hall–Kier alpha value is -5.48. The lowest BCUT2D eigenvalue weighted by molar-refractivity contribution is 0.669.